The Morgan fingerprint density at radius 2 is 1.81 bits per heavy atom. The smallest absolute Gasteiger partial charge is 0.274 e. The number of benzene rings is 2. The third-order valence-corrected chi connectivity index (χ3v) is 5.97. The molecule has 166 valence electrons. The minimum absolute atomic E-state index is 0.111. The van der Waals surface area contributed by atoms with Gasteiger partial charge in [-0.25, -0.2) is 0 Å². The van der Waals surface area contributed by atoms with Crippen LogP contribution in [0.4, 0.5) is 0 Å². The molecule has 0 N–H and O–H groups in total. The van der Waals surface area contributed by atoms with Crippen molar-refractivity contribution in [3.8, 4) is 11.1 Å². The summed E-state index contributed by atoms with van der Waals surface area (Å²) in [6.07, 6.45) is 3.27. The summed E-state index contributed by atoms with van der Waals surface area (Å²) in [4.78, 5) is 30.2. The van der Waals surface area contributed by atoms with Gasteiger partial charge < -0.3 is 9.80 Å². The van der Waals surface area contributed by atoms with Gasteiger partial charge in [-0.3, -0.25) is 14.3 Å². The quantitative estimate of drug-likeness (QED) is 0.600. The lowest BCUT2D eigenvalue weighted by Crippen LogP contribution is -2.38. The van der Waals surface area contributed by atoms with E-state index in [-0.39, 0.29) is 17.7 Å². The van der Waals surface area contributed by atoms with E-state index in [9.17, 15) is 9.59 Å². The molecule has 6 heteroatoms. The average Bonchev–Trinajstić information content (AvgIpc) is 3.20. The lowest BCUT2D eigenvalue weighted by molar-refractivity contribution is -0.134. The molecule has 1 atom stereocenters. The molecule has 1 saturated heterocycles. The van der Waals surface area contributed by atoms with E-state index in [0.717, 1.165) is 23.1 Å². The number of carbonyl (C=O) groups excluding carboxylic acids is 2. The van der Waals surface area contributed by atoms with Crippen LogP contribution >= 0.6 is 0 Å². The minimum Gasteiger partial charge on any atom is -0.341 e. The van der Waals surface area contributed by atoms with Gasteiger partial charge in [0, 0.05) is 39.4 Å². The molecule has 2 heterocycles. The fourth-order valence-electron chi connectivity index (χ4n) is 4.36. The van der Waals surface area contributed by atoms with E-state index in [1.165, 1.54) is 0 Å². The molecule has 1 aliphatic heterocycles. The van der Waals surface area contributed by atoms with E-state index in [0.29, 0.717) is 38.3 Å². The normalized spacial score (nSPS) is 16.8. The second kappa shape index (κ2) is 9.81. The SMILES string of the molecule is CCCN1CCN(C(=O)c2ccn(C)n2)C[C@H](Cc2cccc(-c3ccccc3)c2)C1=O. The molecule has 0 aliphatic carbocycles. The summed E-state index contributed by atoms with van der Waals surface area (Å²) >= 11 is 0. The molecule has 32 heavy (non-hydrogen) atoms. The van der Waals surface area contributed by atoms with Crippen molar-refractivity contribution in [2.75, 3.05) is 26.2 Å². The third-order valence-electron chi connectivity index (χ3n) is 5.97. The second-order valence-electron chi connectivity index (χ2n) is 8.42. The molecule has 1 aliphatic rings. The maximum atomic E-state index is 13.4. The van der Waals surface area contributed by atoms with Crippen LogP contribution < -0.4 is 0 Å². The summed E-state index contributed by atoms with van der Waals surface area (Å²) in [5, 5.41) is 4.27. The van der Waals surface area contributed by atoms with Crippen molar-refractivity contribution < 1.29 is 9.59 Å². The van der Waals surface area contributed by atoms with Gasteiger partial charge in [-0.1, -0.05) is 61.5 Å². The Bertz CT molecular complexity index is 1080. The molecule has 0 radical (unpaired) electrons. The molecular weight excluding hydrogens is 400 g/mol. The third kappa shape index (κ3) is 4.90. The topological polar surface area (TPSA) is 58.4 Å². The molecule has 0 unspecified atom stereocenters. The molecule has 0 saturated carbocycles. The highest BCUT2D eigenvalue weighted by Gasteiger charge is 2.33. The first-order valence-corrected chi connectivity index (χ1v) is 11.3. The first kappa shape index (κ1) is 21.8. The zero-order chi connectivity index (χ0) is 22.5. The predicted octanol–water partition coefficient (Wildman–Crippen LogP) is 3.64. The van der Waals surface area contributed by atoms with Crippen LogP contribution in [-0.2, 0) is 18.3 Å². The first-order valence-electron chi connectivity index (χ1n) is 11.3. The Hall–Kier alpha value is -3.41. The molecule has 3 aromatic rings. The number of carbonyl (C=O) groups is 2. The zero-order valence-corrected chi connectivity index (χ0v) is 18.8. The maximum absolute atomic E-state index is 13.4. The number of hydrogen-bond donors (Lipinski definition) is 0. The zero-order valence-electron chi connectivity index (χ0n) is 18.8. The van der Waals surface area contributed by atoms with Gasteiger partial charge in [0.15, 0.2) is 0 Å². The van der Waals surface area contributed by atoms with E-state index in [1.54, 1.807) is 28.9 Å². The van der Waals surface area contributed by atoms with E-state index in [4.69, 9.17) is 0 Å². The fourth-order valence-corrected chi connectivity index (χ4v) is 4.36. The van der Waals surface area contributed by atoms with Crippen LogP contribution in [0.1, 0.15) is 29.4 Å². The highest BCUT2D eigenvalue weighted by molar-refractivity contribution is 5.93. The fraction of sp³-hybridized carbons (Fsp3) is 0.346. The summed E-state index contributed by atoms with van der Waals surface area (Å²) in [7, 11) is 1.80. The van der Waals surface area contributed by atoms with Gasteiger partial charge in [-0.2, -0.15) is 5.10 Å². The largest absolute Gasteiger partial charge is 0.341 e. The van der Waals surface area contributed by atoms with Crippen molar-refractivity contribution in [1.29, 1.82) is 0 Å². The van der Waals surface area contributed by atoms with E-state index >= 15 is 0 Å². The Morgan fingerprint density at radius 3 is 2.53 bits per heavy atom. The van der Waals surface area contributed by atoms with Gasteiger partial charge in [-0.15, -0.1) is 0 Å². The van der Waals surface area contributed by atoms with Crippen LogP contribution in [0.5, 0.6) is 0 Å². The predicted molar refractivity (Wildman–Crippen MR) is 125 cm³/mol. The molecule has 4 rings (SSSR count). The van der Waals surface area contributed by atoms with Gasteiger partial charge >= 0.3 is 0 Å². The Morgan fingerprint density at radius 1 is 1.03 bits per heavy atom. The van der Waals surface area contributed by atoms with Gasteiger partial charge in [0.25, 0.3) is 5.91 Å². The van der Waals surface area contributed by atoms with Crippen molar-refractivity contribution in [1.82, 2.24) is 19.6 Å². The van der Waals surface area contributed by atoms with E-state index in [2.05, 4.69) is 42.4 Å². The van der Waals surface area contributed by atoms with Crippen LogP contribution in [0.2, 0.25) is 0 Å². The van der Waals surface area contributed by atoms with Gasteiger partial charge in [0.05, 0.1) is 5.92 Å². The number of amides is 2. The number of aryl methyl sites for hydroxylation is 1. The molecule has 0 bridgehead atoms. The Kier molecular flexibility index (Phi) is 6.69. The number of hydrogen-bond acceptors (Lipinski definition) is 3. The molecule has 1 aromatic heterocycles. The monoisotopic (exact) mass is 430 g/mol. The van der Waals surface area contributed by atoms with Crippen LogP contribution in [-0.4, -0.2) is 57.6 Å². The second-order valence-corrected chi connectivity index (χ2v) is 8.42. The maximum Gasteiger partial charge on any atom is 0.274 e. The van der Waals surface area contributed by atoms with E-state index in [1.807, 2.05) is 29.2 Å². The number of rotatable bonds is 6. The minimum atomic E-state index is -0.275. The molecule has 2 amide bonds. The molecule has 1 fully saturated rings. The lowest BCUT2D eigenvalue weighted by Gasteiger charge is -2.24. The van der Waals surface area contributed by atoms with Crippen molar-refractivity contribution in [2.24, 2.45) is 13.0 Å². The lowest BCUT2D eigenvalue weighted by atomic mass is 9.94. The summed E-state index contributed by atoms with van der Waals surface area (Å²) in [5.41, 5.74) is 3.82. The van der Waals surface area contributed by atoms with Crippen LogP contribution in [0.15, 0.2) is 66.9 Å². The Labute approximate surface area is 189 Å². The van der Waals surface area contributed by atoms with Crippen LogP contribution in [0.25, 0.3) is 11.1 Å². The standard InChI is InChI=1S/C26H30N4O2/c1-3-13-29-15-16-30(26(32)24-12-14-28(2)27-24)19-23(25(29)31)18-20-8-7-11-22(17-20)21-9-5-4-6-10-21/h4-12,14,17,23H,3,13,15-16,18-19H2,1-2H3/t23-/m0/s1. The van der Waals surface area contributed by atoms with Crippen LogP contribution in [0, 0.1) is 5.92 Å². The number of aromatic nitrogens is 2. The molecule has 0 spiro atoms. The summed E-state index contributed by atoms with van der Waals surface area (Å²) in [5.74, 6) is -0.254. The average molecular weight is 431 g/mol. The van der Waals surface area contributed by atoms with Crippen molar-refractivity contribution in [2.45, 2.75) is 19.8 Å². The molecule has 6 nitrogen and oxygen atoms in total. The molecular formula is C26H30N4O2. The van der Waals surface area contributed by atoms with Gasteiger partial charge in [0.2, 0.25) is 5.91 Å². The van der Waals surface area contributed by atoms with Crippen LogP contribution in [0.3, 0.4) is 0 Å². The first-order chi connectivity index (χ1) is 15.5. The van der Waals surface area contributed by atoms with Gasteiger partial charge in [-0.05, 0) is 35.6 Å². The van der Waals surface area contributed by atoms with E-state index < -0.39 is 0 Å². The number of nitrogens with zero attached hydrogens (tertiary/aromatic N) is 4. The summed E-state index contributed by atoms with van der Waals surface area (Å²) in [6, 6.07) is 20.3. The van der Waals surface area contributed by atoms with Crippen molar-refractivity contribution in [3.05, 3.63) is 78.1 Å². The van der Waals surface area contributed by atoms with Crippen molar-refractivity contribution >= 4 is 11.8 Å². The highest BCUT2D eigenvalue weighted by atomic mass is 16.2. The van der Waals surface area contributed by atoms with Crippen molar-refractivity contribution in [3.63, 3.8) is 0 Å². The van der Waals surface area contributed by atoms with Gasteiger partial charge in [0.1, 0.15) is 5.69 Å². The summed E-state index contributed by atoms with van der Waals surface area (Å²) in [6.45, 7) is 4.29. The highest BCUT2D eigenvalue weighted by Crippen LogP contribution is 2.24. The molecule has 2 aromatic carbocycles. The Balaban J connectivity index is 1.58. The summed E-state index contributed by atoms with van der Waals surface area (Å²) < 4.78 is 1.63.